The lowest BCUT2D eigenvalue weighted by Crippen LogP contribution is -2.34. The van der Waals surface area contributed by atoms with Crippen LogP contribution in [0.1, 0.15) is 12.8 Å². The summed E-state index contributed by atoms with van der Waals surface area (Å²) in [5.41, 5.74) is 0.561. The first-order valence-electron chi connectivity index (χ1n) is 5.05. The molecule has 1 rings (SSSR count). The van der Waals surface area contributed by atoms with Crippen molar-refractivity contribution in [3.63, 3.8) is 0 Å². The Labute approximate surface area is 117 Å². The molecular formula is C11H11IN2O4. The lowest BCUT2D eigenvalue weighted by atomic mass is 10.3. The first-order valence-corrected chi connectivity index (χ1v) is 6.13. The molecule has 0 aliphatic heterocycles. The number of anilines is 1. The fourth-order valence-electron chi connectivity index (χ4n) is 1.14. The second-order valence-electron chi connectivity index (χ2n) is 3.41. The number of aliphatic carboxylic acids is 1. The van der Waals surface area contributed by atoms with Gasteiger partial charge in [-0.1, -0.05) is 6.07 Å². The van der Waals surface area contributed by atoms with Crippen LogP contribution in [-0.4, -0.2) is 23.0 Å². The summed E-state index contributed by atoms with van der Waals surface area (Å²) >= 11 is 2.09. The van der Waals surface area contributed by atoms with Crippen molar-refractivity contribution in [1.29, 1.82) is 0 Å². The van der Waals surface area contributed by atoms with Gasteiger partial charge in [0.15, 0.2) is 0 Å². The van der Waals surface area contributed by atoms with Crippen LogP contribution in [0.3, 0.4) is 0 Å². The van der Waals surface area contributed by atoms with Gasteiger partial charge < -0.3 is 10.4 Å². The first kappa shape index (κ1) is 14.4. The Hall–Kier alpha value is -1.64. The van der Waals surface area contributed by atoms with Crippen molar-refractivity contribution in [2.24, 2.45) is 0 Å². The lowest BCUT2D eigenvalue weighted by Gasteiger charge is -2.06. The summed E-state index contributed by atoms with van der Waals surface area (Å²) in [6, 6.07) is 6.38. The standard InChI is InChI=1S/C11H11IN2O4/c12-7-2-1-3-8(6-7)13-11(18)14-9(15)4-5-10(16)17/h1-3,6H,4-5H2,(H,16,17)(H2,13,14,15,18). The molecule has 0 atom stereocenters. The Kier molecular flexibility index (Phi) is 5.56. The van der Waals surface area contributed by atoms with Crippen molar-refractivity contribution in [2.45, 2.75) is 12.8 Å². The summed E-state index contributed by atoms with van der Waals surface area (Å²) < 4.78 is 0.947. The minimum absolute atomic E-state index is 0.227. The third-order valence-corrected chi connectivity index (χ3v) is 2.57. The second kappa shape index (κ2) is 6.94. The molecule has 96 valence electrons. The van der Waals surface area contributed by atoms with Crippen molar-refractivity contribution >= 4 is 46.2 Å². The van der Waals surface area contributed by atoms with Gasteiger partial charge in [-0.15, -0.1) is 0 Å². The SMILES string of the molecule is O=C(O)CCC(=O)NC(=O)Nc1cccc(I)c1. The second-order valence-corrected chi connectivity index (χ2v) is 4.65. The summed E-state index contributed by atoms with van der Waals surface area (Å²) in [5.74, 6) is -1.70. The molecular weight excluding hydrogens is 351 g/mol. The summed E-state index contributed by atoms with van der Waals surface area (Å²) in [7, 11) is 0. The normalized spacial score (nSPS) is 9.61. The number of hydrogen-bond acceptors (Lipinski definition) is 3. The molecule has 0 aliphatic rings. The van der Waals surface area contributed by atoms with E-state index in [-0.39, 0.29) is 12.8 Å². The average molecular weight is 362 g/mol. The van der Waals surface area contributed by atoms with Gasteiger partial charge in [-0.2, -0.15) is 0 Å². The number of carbonyl (C=O) groups is 3. The van der Waals surface area contributed by atoms with E-state index in [9.17, 15) is 14.4 Å². The number of nitrogens with one attached hydrogen (secondary N) is 2. The van der Waals surface area contributed by atoms with Crippen molar-refractivity contribution < 1.29 is 19.5 Å². The molecule has 3 N–H and O–H groups in total. The largest absolute Gasteiger partial charge is 0.481 e. The van der Waals surface area contributed by atoms with Crippen LogP contribution in [0.2, 0.25) is 0 Å². The highest BCUT2D eigenvalue weighted by Crippen LogP contribution is 2.11. The van der Waals surface area contributed by atoms with Gasteiger partial charge in [0, 0.05) is 15.7 Å². The van der Waals surface area contributed by atoms with E-state index in [1.54, 1.807) is 18.2 Å². The molecule has 0 bridgehead atoms. The van der Waals surface area contributed by atoms with E-state index in [4.69, 9.17) is 5.11 Å². The minimum Gasteiger partial charge on any atom is -0.481 e. The molecule has 1 aromatic carbocycles. The van der Waals surface area contributed by atoms with Gasteiger partial charge in [0.1, 0.15) is 0 Å². The number of imide groups is 1. The number of benzene rings is 1. The molecule has 0 heterocycles. The maximum atomic E-state index is 11.4. The molecule has 18 heavy (non-hydrogen) atoms. The zero-order valence-electron chi connectivity index (χ0n) is 9.27. The van der Waals surface area contributed by atoms with Gasteiger partial charge in [-0.25, -0.2) is 4.79 Å². The third kappa shape index (κ3) is 5.62. The van der Waals surface area contributed by atoms with Gasteiger partial charge in [-0.3, -0.25) is 14.9 Å². The molecule has 0 aliphatic carbocycles. The van der Waals surface area contributed by atoms with Gasteiger partial charge in [-0.05, 0) is 40.8 Å². The van der Waals surface area contributed by atoms with E-state index >= 15 is 0 Å². The first-order chi connectivity index (χ1) is 8.47. The molecule has 7 heteroatoms. The summed E-state index contributed by atoms with van der Waals surface area (Å²) in [6.07, 6.45) is -0.530. The van der Waals surface area contributed by atoms with Crippen LogP contribution in [0.4, 0.5) is 10.5 Å². The monoisotopic (exact) mass is 362 g/mol. The summed E-state index contributed by atoms with van der Waals surface area (Å²) in [5, 5.41) is 12.9. The number of carboxylic acid groups (broad SMARTS) is 1. The molecule has 0 spiro atoms. The number of hydrogen-bond donors (Lipinski definition) is 3. The van der Waals surface area contributed by atoms with Crippen LogP contribution < -0.4 is 10.6 Å². The third-order valence-electron chi connectivity index (χ3n) is 1.90. The van der Waals surface area contributed by atoms with Crippen LogP contribution in [0, 0.1) is 3.57 Å². The van der Waals surface area contributed by atoms with Crippen LogP contribution in [0.15, 0.2) is 24.3 Å². The van der Waals surface area contributed by atoms with Gasteiger partial charge in [0.05, 0.1) is 6.42 Å². The molecule has 1 aromatic rings. The van der Waals surface area contributed by atoms with E-state index in [0.717, 1.165) is 3.57 Å². The van der Waals surface area contributed by atoms with Crippen LogP contribution >= 0.6 is 22.6 Å². The van der Waals surface area contributed by atoms with E-state index in [1.165, 1.54) is 0 Å². The predicted molar refractivity (Wildman–Crippen MR) is 73.2 cm³/mol. The highest BCUT2D eigenvalue weighted by molar-refractivity contribution is 14.1. The van der Waals surface area contributed by atoms with E-state index in [2.05, 4.69) is 27.9 Å². The van der Waals surface area contributed by atoms with Crippen LogP contribution in [0.5, 0.6) is 0 Å². The number of halogens is 1. The van der Waals surface area contributed by atoms with Gasteiger partial charge >= 0.3 is 12.0 Å². The van der Waals surface area contributed by atoms with Crippen molar-refractivity contribution in [2.75, 3.05) is 5.32 Å². The Bertz CT molecular complexity index is 476. The molecule has 0 radical (unpaired) electrons. The molecule has 0 unspecified atom stereocenters. The number of carbonyl (C=O) groups excluding carboxylic acids is 2. The number of amides is 3. The highest BCUT2D eigenvalue weighted by Gasteiger charge is 2.09. The summed E-state index contributed by atoms with van der Waals surface area (Å²) in [6.45, 7) is 0. The number of urea groups is 1. The molecule has 0 saturated carbocycles. The number of rotatable bonds is 4. The zero-order valence-corrected chi connectivity index (χ0v) is 11.4. The zero-order chi connectivity index (χ0) is 13.5. The van der Waals surface area contributed by atoms with Crippen molar-refractivity contribution in [3.8, 4) is 0 Å². The fourth-order valence-corrected chi connectivity index (χ4v) is 1.68. The molecule has 0 fully saturated rings. The maximum Gasteiger partial charge on any atom is 0.325 e. The molecule has 3 amide bonds. The molecule has 0 aromatic heterocycles. The van der Waals surface area contributed by atoms with E-state index in [0.29, 0.717) is 5.69 Å². The topological polar surface area (TPSA) is 95.5 Å². The number of carboxylic acids is 1. The Morgan fingerprint density at radius 1 is 1.22 bits per heavy atom. The van der Waals surface area contributed by atoms with Crippen LogP contribution in [-0.2, 0) is 9.59 Å². The molecule has 0 saturated heterocycles. The maximum absolute atomic E-state index is 11.4. The lowest BCUT2D eigenvalue weighted by molar-refractivity contribution is -0.138. The smallest absolute Gasteiger partial charge is 0.325 e. The quantitative estimate of drug-likeness (QED) is 0.712. The van der Waals surface area contributed by atoms with Crippen molar-refractivity contribution in [3.05, 3.63) is 27.8 Å². The predicted octanol–water partition coefficient (Wildman–Crippen LogP) is 1.80. The summed E-state index contributed by atoms with van der Waals surface area (Å²) in [4.78, 5) is 32.8. The average Bonchev–Trinajstić information content (AvgIpc) is 2.26. The minimum atomic E-state index is -1.08. The van der Waals surface area contributed by atoms with Gasteiger partial charge in [0.25, 0.3) is 0 Å². The molecule has 6 nitrogen and oxygen atoms in total. The van der Waals surface area contributed by atoms with Crippen LogP contribution in [0.25, 0.3) is 0 Å². The fraction of sp³-hybridized carbons (Fsp3) is 0.182. The highest BCUT2D eigenvalue weighted by atomic mass is 127. The van der Waals surface area contributed by atoms with E-state index in [1.807, 2.05) is 11.4 Å². The van der Waals surface area contributed by atoms with E-state index < -0.39 is 17.9 Å². The van der Waals surface area contributed by atoms with Gasteiger partial charge in [0.2, 0.25) is 5.91 Å². The Balaban J connectivity index is 2.42. The van der Waals surface area contributed by atoms with Crippen molar-refractivity contribution in [1.82, 2.24) is 5.32 Å². The Morgan fingerprint density at radius 2 is 1.94 bits per heavy atom. The Morgan fingerprint density at radius 3 is 2.56 bits per heavy atom.